The lowest BCUT2D eigenvalue weighted by Gasteiger charge is -2.04. The van der Waals surface area contributed by atoms with Gasteiger partial charge in [-0.25, -0.2) is 4.79 Å². The molecule has 3 rings (SSSR count). The van der Waals surface area contributed by atoms with Crippen LogP contribution < -0.4 is 5.73 Å². The number of carbonyl (C=O) groups is 2. The molecule has 0 bridgehead atoms. The van der Waals surface area contributed by atoms with Crippen molar-refractivity contribution in [2.24, 2.45) is 5.73 Å². The first-order valence-electron chi connectivity index (χ1n) is 7.16. The zero-order valence-corrected chi connectivity index (χ0v) is 12.6. The Morgan fingerprint density at radius 1 is 1.12 bits per heavy atom. The van der Waals surface area contributed by atoms with Gasteiger partial charge < -0.3 is 14.9 Å². The number of fused-ring (bicyclic) bond motifs is 1. The molecule has 0 spiro atoms. The molecule has 0 fully saturated rings. The Balaban J connectivity index is 1.77. The molecule has 0 atom stereocenters. The lowest BCUT2D eigenvalue weighted by Crippen LogP contribution is -2.11. The molecule has 0 unspecified atom stereocenters. The minimum Gasteiger partial charge on any atom is -0.457 e. The highest BCUT2D eigenvalue weighted by Crippen LogP contribution is 2.19. The maximum atomic E-state index is 12.1. The van der Waals surface area contributed by atoms with Gasteiger partial charge in [-0.1, -0.05) is 6.07 Å². The second-order valence-electron chi connectivity index (χ2n) is 5.15. The monoisotopic (exact) mass is 319 g/mol. The summed E-state index contributed by atoms with van der Waals surface area (Å²) in [6.07, 6.45) is 3.58. The number of rotatable bonds is 4. The number of nitrogens with zero attached hydrogens (tertiary/aromatic N) is 2. The fraction of sp³-hybridized carbons (Fsp3) is 0.0556. The maximum Gasteiger partial charge on any atom is 0.338 e. The minimum absolute atomic E-state index is 0.0129. The third kappa shape index (κ3) is 2.83. The van der Waals surface area contributed by atoms with Crippen LogP contribution in [0.25, 0.3) is 5.52 Å². The van der Waals surface area contributed by atoms with Crippen LogP contribution in [-0.2, 0) is 11.3 Å². The van der Waals surface area contributed by atoms with Crippen molar-refractivity contribution in [2.75, 3.05) is 0 Å². The van der Waals surface area contributed by atoms with Gasteiger partial charge in [-0.05, 0) is 36.4 Å². The molecule has 0 radical (unpaired) electrons. The summed E-state index contributed by atoms with van der Waals surface area (Å²) in [5, 5.41) is 9.32. The minimum atomic E-state index is -0.561. The molecule has 3 aromatic rings. The van der Waals surface area contributed by atoms with Gasteiger partial charge >= 0.3 is 5.97 Å². The van der Waals surface area contributed by atoms with Crippen LogP contribution in [0.4, 0.5) is 0 Å². The first-order chi connectivity index (χ1) is 11.6. The molecule has 2 heterocycles. The van der Waals surface area contributed by atoms with Gasteiger partial charge in [-0.15, -0.1) is 0 Å². The standard InChI is InChI=1S/C18H13N3O3/c19-9-15-14(10-21-8-2-1-3-16(15)21)11-24-18(23)13-6-4-12(5-7-13)17(20)22/h1-8,10H,11H2,(H2,20,22). The molecule has 0 aliphatic rings. The number of nitrogens with two attached hydrogens (primary N) is 1. The molecule has 0 aliphatic heterocycles. The Morgan fingerprint density at radius 2 is 1.83 bits per heavy atom. The third-order valence-corrected chi connectivity index (χ3v) is 3.64. The summed E-state index contributed by atoms with van der Waals surface area (Å²) in [6.45, 7) is -0.0129. The highest BCUT2D eigenvalue weighted by Gasteiger charge is 2.13. The number of carbonyl (C=O) groups excluding carboxylic acids is 2. The average molecular weight is 319 g/mol. The molecule has 0 saturated carbocycles. The van der Waals surface area contributed by atoms with Gasteiger partial charge in [0.15, 0.2) is 0 Å². The van der Waals surface area contributed by atoms with Crippen molar-refractivity contribution in [1.29, 1.82) is 5.26 Å². The SMILES string of the molecule is N#Cc1c(COC(=O)c2ccc(C(N)=O)cc2)cn2ccccc12. The number of esters is 1. The summed E-state index contributed by atoms with van der Waals surface area (Å²) in [5.41, 5.74) is 7.65. The van der Waals surface area contributed by atoms with Crippen LogP contribution >= 0.6 is 0 Å². The van der Waals surface area contributed by atoms with Crippen molar-refractivity contribution in [3.8, 4) is 6.07 Å². The predicted octanol–water partition coefficient (Wildman–Crippen LogP) is 2.27. The molecule has 0 saturated heterocycles. The number of primary amides is 1. The van der Waals surface area contributed by atoms with Crippen LogP contribution in [0.2, 0.25) is 0 Å². The van der Waals surface area contributed by atoms with Gasteiger partial charge in [-0.3, -0.25) is 4.79 Å². The fourth-order valence-corrected chi connectivity index (χ4v) is 2.41. The Bertz CT molecular complexity index is 965. The van der Waals surface area contributed by atoms with Crippen molar-refractivity contribution in [3.05, 3.63) is 77.1 Å². The van der Waals surface area contributed by atoms with Crippen molar-refractivity contribution in [2.45, 2.75) is 6.61 Å². The fourth-order valence-electron chi connectivity index (χ4n) is 2.41. The van der Waals surface area contributed by atoms with E-state index in [0.29, 0.717) is 22.3 Å². The van der Waals surface area contributed by atoms with Gasteiger partial charge in [0, 0.05) is 23.5 Å². The van der Waals surface area contributed by atoms with E-state index in [9.17, 15) is 14.9 Å². The lowest BCUT2D eigenvalue weighted by atomic mass is 10.1. The second kappa shape index (κ2) is 6.26. The van der Waals surface area contributed by atoms with E-state index in [0.717, 1.165) is 5.52 Å². The van der Waals surface area contributed by atoms with Crippen LogP contribution in [0.1, 0.15) is 31.8 Å². The zero-order valence-electron chi connectivity index (χ0n) is 12.6. The van der Waals surface area contributed by atoms with Gasteiger partial charge in [0.1, 0.15) is 12.7 Å². The molecule has 2 aromatic heterocycles. The summed E-state index contributed by atoms with van der Waals surface area (Å²) < 4.78 is 7.08. The third-order valence-electron chi connectivity index (χ3n) is 3.64. The van der Waals surface area contributed by atoms with Gasteiger partial charge in [-0.2, -0.15) is 5.26 Å². The number of nitriles is 1. The van der Waals surface area contributed by atoms with Gasteiger partial charge in [0.25, 0.3) is 0 Å². The van der Waals surface area contributed by atoms with Crippen molar-refractivity contribution >= 4 is 17.4 Å². The Hall–Kier alpha value is -3.59. The topological polar surface area (TPSA) is 97.6 Å². The number of aromatic nitrogens is 1. The molecular weight excluding hydrogens is 306 g/mol. The number of amides is 1. The summed E-state index contributed by atoms with van der Waals surface area (Å²) in [6, 6.07) is 13.5. The molecule has 118 valence electrons. The van der Waals surface area contributed by atoms with Crippen molar-refractivity contribution in [1.82, 2.24) is 4.40 Å². The quantitative estimate of drug-likeness (QED) is 0.746. The highest BCUT2D eigenvalue weighted by molar-refractivity contribution is 5.95. The van der Waals surface area contributed by atoms with E-state index < -0.39 is 11.9 Å². The normalized spacial score (nSPS) is 10.3. The first-order valence-corrected chi connectivity index (χ1v) is 7.16. The summed E-state index contributed by atoms with van der Waals surface area (Å²) in [5.74, 6) is -1.10. The predicted molar refractivity (Wildman–Crippen MR) is 86.2 cm³/mol. The van der Waals surface area contributed by atoms with E-state index >= 15 is 0 Å². The molecule has 2 N–H and O–H groups in total. The molecule has 1 aromatic carbocycles. The molecule has 24 heavy (non-hydrogen) atoms. The molecule has 1 amide bonds. The number of hydrogen-bond donors (Lipinski definition) is 1. The van der Waals surface area contributed by atoms with Gasteiger partial charge in [0.2, 0.25) is 5.91 Å². The lowest BCUT2D eigenvalue weighted by molar-refractivity contribution is 0.0472. The van der Waals surface area contributed by atoms with E-state index in [4.69, 9.17) is 10.5 Å². The van der Waals surface area contributed by atoms with Crippen molar-refractivity contribution in [3.63, 3.8) is 0 Å². The van der Waals surface area contributed by atoms with E-state index in [1.807, 2.05) is 28.8 Å². The summed E-state index contributed by atoms with van der Waals surface area (Å²) in [7, 11) is 0. The molecule has 6 nitrogen and oxygen atoms in total. The van der Waals surface area contributed by atoms with Crippen LogP contribution in [0.15, 0.2) is 54.9 Å². The van der Waals surface area contributed by atoms with E-state index in [1.54, 1.807) is 6.20 Å². The van der Waals surface area contributed by atoms with Gasteiger partial charge in [0.05, 0.1) is 16.6 Å². The van der Waals surface area contributed by atoms with E-state index in [1.165, 1.54) is 24.3 Å². The van der Waals surface area contributed by atoms with Crippen LogP contribution in [-0.4, -0.2) is 16.3 Å². The molecule has 0 aliphatic carbocycles. The number of benzene rings is 1. The highest BCUT2D eigenvalue weighted by atomic mass is 16.5. The molecule has 6 heteroatoms. The average Bonchev–Trinajstić information content (AvgIpc) is 2.97. The zero-order chi connectivity index (χ0) is 17.1. The Kier molecular flexibility index (Phi) is 4.00. The van der Waals surface area contributed by atoms with E-state index in [2.05, 4.69) is 6.07 Å². The second-order valence-corrected chi connectivity index (χ2v) is 5.15. The summed E-state index contributed by atoms with van der Waals surface area (Å²) >= 11 is 0. The smallest absolute Gasteiger partial charge is 0.338 e. The van der Waals surface area contributed by atoms with Crippen LogP contribution in [0.3, 0.4) is 0 Å². The Labute approximate surface area is 137 Å². The first kappa shape index (κ1) is 15.3. The van der Waals surface area contributed by atoms with Crippen molar-refractivity contribution < 1.29 is 14.3 Å². The Morgan fingerprint density at radius 3 is 2.50 bits per heavy atom. The summed E-state index contributed by atoms with van der Waals surface area (Å²) in [4.78, 5) is 23.1. The van der Waals surface area contributed by atoms with Crippen LogP contribution in [0, 0.1) is 11.3 Å². The van der Waals surface area contributed by atoms with Crippen LogP contribution in [0.5, 0.6) is 0 Å². The largest absolute Gasteiger partial charge is 0.457 e. The number of pyridine rings is 1. The maximum absolute atomic E-state index is 12.1. The molecular formula is C18H13N3O3. The number of ether oxygens (including phenoxy) is 1. The number of hydrogen-bond acceptors (Lipinski definition) is 4. The van der Waals surface area contributed by atoms with E-state index in [-0.39, 0.29) is 6.61 Å².